The second-order valence-electron chi connectivity index (χ2n) is 6.53. The molecule has 5 nitrogen and oxygen atoms in total. The third-order valence-electron chi connectivity index (χ3n) is 5.42. The molecule has 118 valence electrons. The predicted molar refractivity (Wildman–Crippen MR) is 78.9 cm³/mol. The van der Waals surface area contributed by atoms with Gasteiger partial charge in [0.2, 0.25) is 5.91 Å². The molecule has 5 heteroatoms. The van der Waals surface area contributed by atoms with Crippen LogP contribution in [0.25, 0.3) is 0 Å². The molecular weight excluding hydrogens is 268 g/mol. The van der Waals surface area contributed by atoms with Crippen LogP contribution in [0.15, 0.2) is 0 Å². The number of carbonyl (C=O) groups excluding carboxylic acids is 2. The zero-order valence-electron chi connectivity index (χ0n) is 13.0. The number of ether oxygens (including phenoxy) is 1. The van der Waals surface area contributed by atoms with Crippen molar-refractivity contribution in [2.75, 3.05) is 19.7 Å². The summed E-state index contributed by atoms with van der Waals surface area (Å²) in [4.78, 5) is 29.0. The van der Waals surface area contributed by atoms with E-state index in [2.05, 4.69) is 4.90 Å². The van der Waals surface area contributed by atoms with E-state index >= 15 is 0 Å². The third kappa shape index (κ3) is 2.40. The van der Waals surface area contributed by atoms with Crippen molar-refractivity contribution >= 4 is 12.0 Å². The number of amides is 2. The summed E-state index contributed by atoms with van der Waals surface area (Å²) >= 11 is 0. The summed E-state index contributed by atoms with van der Waals surface area (Å²) in [7, 11) is 0. The molecule has 0 aromatic rings. The number of nitrogens with zero attached hydrogens (tertiary/aromatic N) is 2. The smallest absolute Gasteiger partial charge is 0.410 e. The highest BCUT2D eigenvalue weighted by atomic mass is 16.6. The second kappa shape index (κ2) is 5.85. The van der Waals surface area contributed by atoms with Crippen LogP contribution in [-0.4, -0.2) is 53.1 Å². The van der Waals surface area contributed by atoms with Gasteiger partial charge in [-0.15, -0.1) is 0 Å². The van der Waals surface area contributed by atoms with Gasteiger partial charge in [0.25, 0.3) is 0 Å². The minimum absolute atomic E-state index is 0.181. The molecule has 2 aliphatic heterocycles. The van der Waals surface area contributed by atoms with E-state index in [1.54, 1.807) is 4.90 Å². The van der Waals surface area contributed by atoms with Crippen LogP contribution in [0.4, 0.5) is 4.79 Å². The van der Waals surface area contributed by atoms with Crippen molar-refractivity contribution in [3.8, 4) is 0 Å². The normalized spacial score (nSPS) is 30.4. The molecule has 2 saturated heterocycles. The molecule has 1 unspecified atom stereocenters. The molecule has 21 heavy (non-hydrogen) atoms. The van der Waals surface area contributed by atoms with Crippen LogP contribution < -0.4 is 0 Å². The fourth-order valence-electron chi connectivity index (χ4n) is 4.35. The summed E-state index contributed by atoms with van der Waals surface area (Å²) < 4.78 is 5.16. The van der Waals surface area contributed by atoms with Crippen molar-refractivity contribution in [3.05, 3.63) is 0 Å². The lowest BCUT2D eigenvalue weighted by atomic mass is 9.92. The zero-order valence-corrected chi connectivity index (χ0v) is 13.0. The van der Waals surface area contributed by atoms with E-state index in [1.807, 2.05) is 6.92 Å². The van der Waals surface area contributed by atoms with E-state index in [9.17, 15) is 9.59 Å². The first-order chi connectivity index (χ1) is 10.2. The zero-order chi connectivity index (χ0) is 14.9. The van der Waals surface area contributed by atoms with Gasteiger partial charge in [0.15, 0.2) is 0 Å². The molecule has 1 spiro atoms. The Morgan fingerprint density at radius 1 is 1.19 bits per heavy atom. The average molecular weight is 294 g/mol. The summed E-state index contributed by atoms with van der Waals surface area (Å²) in [6, 6.07) is 0.398. The van der Waals surface area contributed by atoms with Gasteiger partial charge < -0.3 is 9.64 Å². The molecule has 0 N–H and O–H groups in total. The maximum atomic E-state index is 13.0. The Hall–Kier alpha value is -1.26. The summed E-state index contributed by atoms with van der Waals surface area (Å²) in [5.74, 6) is 0.181. The Bertz CT molecular complexity index is 420. The Morgan fingerprint density at radius 2 is 1.95 bits per heavy atom. The number of hydrogen-bond acceptors (Lipinski definition) is 3. The molecule has 0 aromatic carbocycles. The summed E-state index contributed by atoms with van der Waals surface area (Å²) in [6.07, 6.45) is 8.17. The summed E-state index contributed by atoms with van der Waals surface area (Å²) in [5, 5.41) is 0. The van der Waals surface area contributed by atoms with Gasteiger partial charge in [-0.3, -0.25) is 9.69 Å². The molecule has 1 saturated carbocycles. The van der Waals surface area contributed by atoms with E-state index in [0.29, 0.717) is 19.2 Å². The van der Waals surface area contributed by atoms with Gasteiger partial charge >= 0.3 is 6.09 Å². The van der Waals surface area contributed by atoms with E-state index in [4.69, 9.17) is 4.74 Å². The molecule has 2 amide bonds. The minimum atomic E-state index is -0.594. The largest absolute Gasteiger partial charge is 0.450 e. The highest BCUT2D eigenvalue weighted by molar-refractivity contribution is 5.92. The first-order valence-corrected chi connectivity index (χ1v) is 8.44. The molecule has 0 bridgehead atoms. The Kier molecular flexibility index (Phi) is 4.09. The van der Waals surface area contributed by atoms with E-state index in [0.717, 1.165) is 38.6 Å². The van der Waals surface area contributed by atoms with Crippen molar-refractivity contribution in [2.24, 2.45) is 0 Å². The Balaban J connectivity index is 1.75. The van der Waals surface area contributed by atoms with Gasteiger partial charge in [-0.1, -0.05) is 19.3 Å². The Labute approximate surface area is 126 Å². The number of rotatable bonds is 2. The van der Waals surface area contributed by atoms with Gasteiger partial charge in [-0.2, -0.15) is 0 Å². The van der Waals surface area contributed by atoms with Crippen molar-refractivity contribution in [3.63, 3.8) is 0 Å². The van der Waals surface area contributed by atoms with Gasteiger partial charge in [0.1, 0.15) is 5.54 Å². The second-order valence-corrected chi connectivity index (χ2v) is 6.53. The van der Waals surface area contributed by atoms with Crippen LogP contribution in [-0.2, 0) is 9.53 Å². The molecule has 3 fully saturated rings. The number of likely N-dealkylation sites (tertiary alicyclic amines) is 2. The molecular formula is C16H26N2O3. The lowest BCUT2D eigenvalue weighted by Crippen LogP contribution is -2.54. The lowest BCUT2D eigenvalue weighted by Gasteiger charge is -2.35. The summed E-state index contributed by atoms with van der Waals surface area (Å²) in [6.45, 7) is 3.64. The van der Waals surface area contributed by atoms with Crippen LogP contribution in [0, 0.1) is 0 Å². The standard InChI is InChI=1S/C16H26N2O3/c1-2-21-15(20)18-11-6-9-16(18)10-12-17(14(16)19)13-7-4-3-5-8-13/h13H,2-12H2,1H3. The van der Waals surface area contributed by atoms with E-state index in [1.165, 1.54) is 19.3 Å². The van der Waals surface area contributed by atoms with E-state index < -0.39 is 5.54 Å². The van der Waals surface area contributed by atoms with Crippen LogP contribution in [0.1, 0.15) is 58.3 Å². The van der Waals surface area contributed by atoms with Gasteiger partial charge in [0, 0.05) is 19.1 Å². The maximum Gasteiger partial charge on any atom is 0.410 e. The highest BCUT2D eigenvalue weighted by Crippen LogP contribution is 2.41. The fraction of sp³-hybridized carbons (Fsp3) is 0.875. The van der Waals surface area contributed by atoms with Crippen LogP contribution in [0.5, 0.6) is 0 Å². The maximum absolute atomic E-state index is 13.0. The molecule has 1 aliphatic carbocycles. The van der Waals surface area contributed by atoms with Crippen molar-refractivity contribution in [2.45, 2.75) is 69.9 Å². The topological polar surface area (TPSA) is 49.9 Å². The highest BCUT2D eigenvalue weighted by Gasteiger charge is 2.56. The number of carbonyl (C=O) groups is 2. The first-order valence-electron chi connectivity index (χ1n) is 8.44. The van der Waals surface area contributed by atoms with Crippen LogP contribution >= 0.6 is 0 Å². The van der Waals surface area contributed by atoms with Gasteiger partial charge in [-0.05, 0) is 39.0 Å². The molecule has 1 atom stereocenters. The molecule has 0 radical (unpaired) electrons. The van der Waals surface area contributed by atoms with E-state index in [-0.39, 0.29) is 12.0 Å². The van der Waals surface area contributed by atoms with Crippen molar-refractivity contribution in [1.82, 2.24) is 9.80 Å². The number of hydrogen-bond donors (Lipinski definition) is 0. The molecule has 0 aromatic heterocycles. The lowest BCUT2D eigenvalue weighted by molar-refractivity contribution is -0.138. The molecule has 3 rings (SSSR count). The fourth-order valence-corrected chi connectivity index (χ4v) is 4.35. The average Bonchev–Trinajstić information content (AvgIpc) is 3.07. The predicted octanol–water partition coefficient (Wildman–Crippen LogP) is 2.54. The third-order valence-corrected chi connectivity index (χ3v) is 5.42. The first kappa shape index (κ1) is 14.7. The van der Waals surface area contributed by atoms with Crippen molar-refractivity contribution < 1.29 is 14.3 Å². The van der Waals surface area contributed by atoms with Crippen LogP contribution in [0.3, 0.4) is 0 Å². The Morgan fingerprint density at radius 3 is 2.67 bits per heavy atom. The van der Waals surface area contributed by atoms with Gasteiger partial charge in [-0.25, -0.2) is 4.79 Å². The summed E-state index contributed by atoms with van der Waals surface area (Å²) in [5.41, 5.74) is -0.594. The van der Waals surface area contributed by atoms with Crippen LogP contribution in [0.2, 0.25) is 0 Å². The quantitative estimate of drug-likeness (QED) is 0.786. The monoisotopic (exact) mass is 294 g/mol. The molecule has 3 aliphatic rings. The minimum Gasteiger partial charge on any atom is -0.450 e. The SMILES string of the molecule is CCOC(=O)N1CCCC12CCN(C1CCCCC1)C2=O. The van der Waals surface area contributed by atoms with Gasteiger partial charge in [0.05, 0.1) is 6.61 Å². The molecule has 2 heterocycles. The van der Waals surface area contributed by atoms with Crippen molar-refractivity contribution in [1.29, 1.82) is 0 Å².